The molecule has 0 atom stereocenters. The molecule has 0 unspecified atom stereocenters. The highest BCUT2D eigenvalue weighted by Crippen LogP contribution is 2.24. The number of pyridine rings is 1. The summed E-state index contributed by atoms with van der Waals surface area (Å²) >= 11 is 5.97. The van der Waals surface area contributed by atoms with Crippen molar-refractivity contribution in [2.24, 2.45) is 0 Å². The molecule has 0 saturated heterocycles. The second kappa shape index (κ2) is 7.43. The van der Waals surface area contributed by atoms with E-state index in [0.29, 0.717) is 11.6 Å². The quantitative estimate of drug-likeness (QED) is 0.797. The number of fused-ring (bicyclic) bond motifs is 1. The Hall–Kier alpha value is -1.36. The van der Waals surface area contributed by atoms with Gasteiger partial charge in [0, 0.05) is 35.4 Å². The number of ether oxygens (including phenoxy) is 1. The van der Waals surface area contributed by atoms with Gasteiger partial charge in [0.05, 0.1) is 18.7 Å². The first-order valence-corrected chi connectivity index (χ1v) is 7.05. The standard InChI is InChI=1S/C15H20ClN3O/c1-19(2)8-10-20-9-7-18-14-5-6-17-15-11-12(16)3-4-13(14)15/h3-6,11H,7-10H2,1-2H3,(H,17,18). The summed E-state index contributed by atoms with van der Waals surface area (Å²) in [5, 5.41) is 5.15. The lowest BCUT2D eigenvalue weighted by Gasteiger charge is -2.12. The van der Waals surface area contributed by atoms with Gasteiger partial charge in [-0.1, -0.05) is 11.6 Å². The summed E-state index contributed by atoms with van der Waals surface area (Å²) in [6.07, 6.45) is 1.79. The first-order valence-electron chi connectivity index (χ1n) is 6.67. The molecule has 0 fully saturated rings. The topological polar surface area (TPSA) is 37.4 Å². The van der Waals surface area contributed by atoms with Crippen LogP contribution in [0.4, 0.5) is 5.69 Å². The molecule has 0 saturated carbocycles. The highest BCUT2D eigenvalue weighted by molar-refractivity contribution is 6.31. The number of likely N-dealkylation sites (N-methyl/N-ethyl adjacent to an activating group) is 1. The van der Waals surface area contributed by atoms with Crippen LogP contribution in [0, 0.1) is 0 Å². The Morgan fingerprint density at radius 1 is 1.25 bits per heavy atom. The SMILES string of the molecule is CN(C)CCOCCNc1ccnc2cc(Cl)ccc12. The third-order valence-electron chi connectivity index (χ3n) is 2.95. The zero-order chi connectivity index (χ0) is 14.4. The van der Waals surface area contributed by atoms with Crippen LogP contribution in [0.15, 0.2) is 30.5 Å². The van der Waals surface area contributed by atoms with Gasteiger partial charge in [-0.05, 0) is 38.4 Å². The number of rotatable bonds is 7. The minimum absolute atomic E-state index is 0.686. The van der Waals surface area contributed by atoms with Crippen molar-refractivity contribution in [1.29, 1.82) is 0 Å². The van der Waals surface area contributed by atoms with Crippen molar-refractivity contribution in [3.8, 4) is 0 Å². The molecule has 0 spiro atoms. The van der Waals surface area contributed by atoms with Gasteiger partial charge in [-0.3, -0.25) is 4.98 Å². The Bertz CT molecular complexity index is 560. The maximum absolute atomic E-state index is 5.97. The Balaban J connectivity index is 1.87. The number of anilines is 1. The number of benzene rings is 1. The summed E-state index contributed by atoms with van der Waals surface area (Å²) in [5.74, 6) is 0. The molecule has 5 heteroatoms. The molecule has 0 bridgehead atoms. The first kappa shape index (κ1) is 15.0. The minimum Gasteiger partial charge on any atom is -0.382 e. The van der Waals surface area contributed by atoms with Crippen molar-refractivity contribution in [1.82, 2.24) is 9.88 Å². The molecular weight excluding hydrogens is 274 g/mol. The monoisotopic (exact) mass is 293 g/mol. The maximum Gasteiger partial charge on any atom is 0.0737 e. The van der Waals surface area contributed by atoms with E-state index in [0.717, 1.165) is 36.3 Å². The molecule has 4 nitrogen and oxygen atoms in total. The molecule has 108 valence electrons. The third kappa shape index (κ3) is 4.34. The summed E-state index contributed by atoms with van der Waals surface area (Å²) in [5.41, 5.74) is 1.96. The molecule has 0 amide bonds. The van der Waals surface area contributed by atoms with E-state index in [-0.39, 0.29) is 0 Å². The molecule has 2 aromatic rings. The van der Waals surface area contributed by atoms with Gasteiger partial charge in [0.25, 0.3) is 0 Å². The van der Waals surface area contributed by atoms with Gasteiger partial charge >= 0.3 is 0 Å². The van der Waals surface area contributed by atoms with Gasteiger partial charge in [0.1, 0.15) is 0 Å². The number of nitrogens with zero attached hydrogens (tertiary/aromatic N) is 2. The molecule has 1 N–H and O–H groups in total. The number of hydrogen-bond donors (Lipinski definition) is 1. The number of aromatic nitrogens is 1. The van der Waals surface area contributed by atoms with Crippen LogP contribution in [-0.4, -0.2) is 50.3 Å². The second-order valence-corrected chi connectivity index (χ2v) is 5.30. The van der Waals surface area contributed by atoms with Crippen LogP contribution < -0.4 is 5.32 Å². The average Bonchev–Trinajstić information content (AvgIpc) is 2.42. The van der Waals surface area contributed by atoms with E-state index in [4.69, 9.17) is 16.3 Å². The van der Waals surface area contributed by atoms with Crippen molar-refractivity contribution in [2.75, 3.05) is 45.7 Å². The first-order chi connectivity index (χ1) is 9.66. The van der Waals surface area contributed by atoms with Crippen molar-refractivity contribution < 1.29 is 4.74 Å². The van der Waals surface area contributed by atoms with E-state index in [1.807, 2.05) is 38.4 Å². The smallest absolute Gasteiger partial charge is 0.0737 e. The van der Waals surface area contributed by atoms with E-state index in [1.54, 1.807) is 6.20 Å². The molecule has 0 aliphatic carbocycles. The van der Waals surface area contributed by atoms with Crippen LogP contribution >= 0.6 is 11.6 Å². The number of nitrogens with one attached hydrogen (secondary N) is 1. The lowest BCUT2D eigenvalue weighted by Crippen LogP contribution is -2.20. The zero-order valence-electron chi connectivity index (χ0n) is 11.9. The van der Waals surface area contributed by atoms with Crippen LogP contribution in [-0.2, 0) is 4.74 Å². The van der Waals surface area contributed by atoms with Gasteiger partial charge < -0.3 is 15.0 Å². The summed E-state index contributed by atoms with van der Waals surface area (Å²) in [4.78, 5) is 6.42. The van der Waals surface area contributed by atoms with Gasteiger partial charge in [-0.25, -0.2) is 0 Å². The molecule has 20 heavy (non-hydrogen) atoms. The maximum atomic E-state index is 5.97. The normalized spacial score (nSPS) is 11.2. The van der Waals surface area contributed by atoms with Crippen molar-refractivity contribution in [3.05, 3.63) is 35.5 Å². The Morgan fingerprint density at radius 3 is 2.90 bits per heavy atom. The van der Waals surface area contributed by atoms with Crippen molar-refractivity contribution in [2.45, 2.75) is 0 Å². The zero-order valence-corrected chi connectivity index (χ0v) is 12.7. The fourth-order valence-electron chi connectivity index (χ4n) is 1.88. The van der Waals surface area contributed by atoms with E-state index in [1.165, 1.54) is 0 Å². The van der Waals surface area contributed by atoms with Crippen LogP contribution in [0.5, 0.6) is 0 Å². The predicted molar refractivity (Wildman–Crippen MR) is 84.6 cm³/mol. The summed E-state index contributed by atoms with van der Waals surface area (Å²) < 4.78 is 5.56. The molecule has 0 aliphatic rings. The molecule has 1 aromatic carbocycles. The fourth-order valence-corrected chi connectivity index (χ4v) is 2.05. The van der Waals surface area contributed by atoms with Gasteiger partial charge in [-0.2, -0.15) is 0 Å². The highest BCUT2D eigenvalue weighted by Gasteiger charge is 2.02. The van der Waals surface area contributed by atoms with Gasteiger partial charge in [0.15, 0.2) is 0 Å². The average molecular weight is 294 g/mol. The van der Waals surface area contributed by atoms with E-state index >= 15 is 0 Å². The summed E-state index contributed by atoms with van der Waals surface area (Å²) in [6.45, 7) is 3.15. The Morgan fingerprint density at radius 2 is 2.10 bits per heavy atom. The second-order valence-electron chi connectivity index (χ2n) is 4.86. The van der Waals surface area contributed by atoms with Crippen LogP contribution in [0.2, 0.25) is 5.02 Å². The van der Waals surface area contributed by atoms with Gasteiger partial charge in [-0.15, -0.1) is 0 Å². The fraction of sp³-hybridized carbons (Fsp3) is 0.400. The Kier molecular flexibility index (Phi) is 5.59. The van der Waals surface area contributed by atoms with E-state index in [9.17, 15) is 0 Å². The van der Waals surface area contributed by atoms with Gasteiger partial charge in [0.2, 0.25) is 0 Å². The predicted octanol–water partition coefficient (Wildman–Crippen LogP) is 2.88. The van der Waals surface area contributed by atoms with Crippen LogP contribution in [0.3, 0.4) is 0 Å². The lowest BCUT2D eigenvalue weighted by molar-refractivity contribution is 0.126. The highest BCUT2D eigenvalue weighted by atomic mass is 35.5. The van der Waals surface area contributed by atoms with E-state index < -0.39 is 0 Å². The molecule has 2 rings (SSSR count). The van der Waals surface area contributed by atoms with Crippen molar-refractivity contribution >= 4 is 28.2 Å². The Labute approximate surface area is 124 Å². The molecule has 0 radical (unpaired) electrons. The van der Waals surface area contributed by atoms with Crippen LogP contribution in [0.25, 0.3) is 10.9 Å². The summed E-state index contributed by atoms with van der Waals surface area (Å²) in [6, 6.07) is 7.70. The number of hydrogen-bond acceptors (Lipinski definition) is 4. The molecule has 1 heterocycles. The minimum atomic E-state index is 0.686. The molecule has 1 aromatic heterocycles. The molecular formula is C15H20ClN3O. The third-order valence-corrected chi connectivity index (χ3v) is 3.18. The number of halogens is 1. The van der Waals surface area contributed by atoms with Crippen molar-refractivity contribution in [3.63, 3.8) is 0 Å². The van der Waals surface area contributed by atoms with E-state index in [2.05, 4.69) is 15.2 Å². The largest absolute Gasteiger partial charge is 0.382 e. The molecule has 0 aliphatic heterocycles. The summed E-state index contributed by atoms with van der Waals surface area (Å²) in [7, 11) is 4.08. The van der Waals surface area contributed by atoms with Crippen LogP contribution in [0.1, 0.15) is 0 Å². The lowest BCUT2D eigenvalue weighted by atomic mass is 10.2.